The van der Waals surface area contributed by atoms with E-state index in [1.54, 1.807) is 36.5 Å². The van der Waals surface area contributed by atoms with Crippen LogP contribution in [0.15, 0.2) is 66.2 Å². The van der Waals surface area contributed by atoms with Crippen molar-refractivity contribution >= 4 is 0 Å². The number of oxazole rings is 4. The van der Waals surface area contributed by atoms with Gasteiger partial charge < -0.3 is 41.0 Å². The summed E-state index contributed by atoms with van der Waals surface area (Å²) in [6, 6.07) is 0. The monoisotopic (exact) mass is 1250 g/mol. The number of hydrogen-bond acceptors (Lipinski definition) is 18. The lowest BCUT2D eigenvalue weighted by Crippen LogP contribution is -2.41. The largest absolute Gasteiger partial charge is 0.451 e. The second kappa shape index (κ2) is 30.5. The Bertz CT molecular complexity index is 2700. The molecule has 2 fully saturated rings. The summed E-state index contributed by atoms with van der Waals surface area (Å²) in [6.45, 7) is 79.0. The SMILES string of the molecule is CC(C)(C)C(C)(C)c1cnco1.CC(C)(C)C(C)(C)c1cocn1.CC(C)(C)C(C)(C)c1ncco1.CC1COC(C)(C(C)(C)C)O1.CC1OC(C)(C(C)(C)C)OC1C.Cc1ncoc1C(C)(C)C.Cc1nnc(C(C)(C)C)o1.Cn1nnnc1C(C)(C)C. The Balaban J connectivity index is 0.000000509. The molecule has 6 aromatic rings. The summed E-state index contributed by atoms with van der Waals surface area (Å²) in [5.41, 5.74) is 2.82. The summed E-state index contributed by atoms with van der Waals surface area (Å²) >= 11 is 0. The average molecular weight is 1250 g/mol. The van der Waals surface area contributed by atoms with Crippen LogP contribution in [-0.2, 0) is 58.5 Å². The maximum absolute atomic E-state index is 5.80. The van der Waals surface area contributed by atoms with Crippen molar-refractivity contribution in [1.82, 2.24) is 50.3 Å². The smallest absolute Gasteiger partial charge is 0.221 e. The van der Waals surface area contributed by atoms with E-state index >= 15 is 0 Å². The second-order valence-corrected chi connectivity index (χ2v) is 33.7. The van der Waals surface area contributed by atoms with Crippen LogP contribution in [0.1, 0.15) is 289 Å². The minimum absolute atomic E-state index is 0.0174. The molecule has 19 nitrogen and oxygen atoms in total. The normalized spacial score (nSPS) is 20.2. The van der Waals surface area contributed by atoms with E-state index in [1.165, 1.54) is 19.2 Å². The Hall–Kier alpha value is -5.11. The molecule has 0 saturated carbocycles. The van der Waals surface area contributed by atoms with Crippen LogP contribution in [0, 0.1) is 40.9 Å². The van der Waals surface area contributed by atoms with Gasteiger partial charge in [-0.05, 0) is 68.2 Å². The molecule has 0 amide bonds. The molecule has 510 valence electrons. The van der Waals surface area contributed by atoms with Gasteiger partial charge in [0.2, 0.25) is 11.8 Å². The maximum Gasteiger partial charge on any atom is 0.221 e. The number of rotatable bonds is 3. The quantitative estimate of drug-likeness (QED) is 0.161. The van der Waals surface area contributed by atoms with Crippen molar-refractivity contribution in [2.75, 3.05) is 6.61 Å². The molecule has 0 aromatic carbocycles. The van der Waals surface area contributed by atoms with Crippen LogP contribution >= 0.6 is 0 Å². The molecule has 2 aliphatic heterocycles. The van der Waals surface area contributed by atoms with Crippen LogP contribution in [0.25, 0.3) is 0 Å². The van der Waals surface area contributed by atoms with Crippen molar-refractivity contribution in [3.05, 3.63) is 90.5 Å². The van der Waals surface area contributed by atoms with Crippen LogP contribution in [0.4, 0.5) is 0 Å². The zero-order valence-electron chi connectivity index (χ0n) is 63.1. The topological polar surface area (TPSA) is 224 Å². The molecule has 0 N–H and O–H groups in total. The van der Waals surface area contributed by atoms with Gasteiger partial charge in [-0.3, -0.25) is 0 Å². The molecule has 4 atom stereocenters. The molecule has 0 radical (unpaired) electrons. The van der Waals surface area contributed by atoms with Gasteiger partial charge in [-0.2, -0.15) is 0 Å². The summed E-state index contributed by atoms with van der Waals surface area (Å²) in [5.74, 6) is 4.16. The van der Waals surface area contributed by atoms with Crippen molar-refractivity contribution in [3.8, 4) is 0 Å². The van der Waals surface area contributed by atoms with E-state index in [0.717, 1.165) is 34.6 Å². The van der Waals surface area contributed by atoms with Gasteiger partial charge in [-0.25, -0.2) is 24.6 Å². The molecular formula is C70H126N10O9. The van der Waals surface area contributed by atoms with Crippen LogP contribution in [-0.4, -0.2) is 86.8 Å². The van der Waals surface area contributed by atoms with E-state index in [1.807, 2.05) is 55.5 Å². The highest BCUT2D eigenvalue weighted by Gasteiger charge is 2.49. The molecule has 6 aromatic heterocycles. The van der Waals surface area contributed by atoms with Gasteiger partial charge in [0.25, 0.3) is 0 Å². The molecule has 0 aliphatic carbocycles. The van der Waals surface area contributed by atoms with Crippen molar-refractivity contribution in [2.45, 2.75) is 319 Å². The third kappa shape index (κ3) is 23.8. The fourth-order valence-corrected chi connectivity index (χ4v) is 7.54. The Morgan fingerprint density at radius 3 is 1.28 bits per heavy atom. The fraction of sp³-hybridized carbons (Fsp3) is 0.786. The zero-order chi connectivity index (χ0) is 69.8. The van der Waals surface area contributed by atoms with Gasteiger partial charge in [0, 0.05) is 57.3 Å². The molecular weight excluding hydrogens is 1120 g/mol. The van der Waals surface area contributed by atoms with Crippen molar-refractivity contribution < 1.29 is 41.0 Å². The molecule has 8 heterocycles. The van der Waals surface area contributed by atoms with E-state index in [9.17, 15) is 0 Å². The van der Waals surface area contributed by atoms with Gasteiger partial charge >= 0.3 is 0 Å². The highest BCUT2D eigenvalue weighted by atomic mass is 16.8. The Morgan fingerprint density at radius 1 is 0.517 bits per heavy atom. The summed E-state index contributed by atoms with van der Waals surface area (Å²) in [5, 5.41) is 18.8. The molecule has 0 spiro atoms. The van der Waals surface area contributed by atoms with Gasteiger partial charge in [-0.15, -0.1) is 15.3 Å². The number of aryl methyl sites for hydroxylation is 3. The summed E-state index contributed by atoms with van der Waals surface area (Å²) in [4.78, 5) is 16.3. The molecule has 89 heavy (non-hydrogen) atoms. The summed E-state index contributed by atoms with van der Waals surface area (Å²) < 4.78 is 50.6. The van der Waals surface area contributed by atoms with E-state index in [2.05, 4.69) is 246 Å². The first-order chi connectivity index (χ1) is 39.7. The number of ether oxygens (including phenoxy) is 4. The van der Waals surface area contributed by atoms with Crippen molar-refractivity contribution in [2.24, 2.45) is 34.1 Å². The zero-order valence-corrected chi connectivity index (χ0v) is 63.1. The fourth-order valence-electron chi connectivity index (χ4n) is 7.54. The number of hydrogen-bond donors (Lipinski definition) is 0. The minimum Gasteiger partial charge on any atom is -0.451 e. The van der Waals surface area contributed by atoms with Gasteiger partial charge in [0.15, 0.2) is 42.5 Å². The highest BCUT2D eigenvalue weighted by molar-refractivity contribution is 5.15. The molecule has 19 heteroatoms. The first-order valence-electron chi connectivity index (χ1n) is 31.5. The van der Waals surface area contributed by atoms with Crippen LogP contribution in [0.3, 0.4) is 0 Å². The predicted octanol–water partition coefficient (Wildman–Crippen LogP) is 18.2. The second-order valence-electron chi connectivity index (χ2n) is 33.7. The number of aromatic nitrogens is 10. The van der Waals surface area contributed by atoms with Gasteiger partial charge in [-0.1, -0.05) is 208 Å². The Morgan fingerprint density at radius 2 is 1.03 bits per heavy atom. The van der Waals surface area contributed by atoms with Crippen LogP contribution in [0.2, 0.25) is 0 Å². The third-order valence-electron chi connectivity index (χ3n) is 17.8. The van der Waals surface area contributed by atoms with Gasteiger partial charge in [0.05, 0.1) is 48.7 Å². The number of nitrogens with zero attached hydrogens (tertiary/aromatic N) is 10. The molecule has 2 saturated heterocycles. The first kappa shape index (κ1) is 81.9. The van der Waals surface area contributed by atoms with Gasteiger partial charge in [0.1, 0.15) is 24.0 Å². The van der Waals surface area contributed by atoms with E-state index in [0.29, 0.717) is 18.4 Å². The average Bonchev–Trinajstić information content (AvgIpc) is 2.17. The summed E-state index contributed by atoms with van der Waals surface area (Å²) in [7, 11) is 1.85. The molecule has 2 aliphatic rings. The van der Waals surface area contributed by atoms with E-state index in [4.69, 9.17) is 41.0 Å². The lowest BCUT2D eigenvalue weighted by atomic mass is 9.68. The maximum atomic E-state index is 5.80. The predicted molar refractivity (Wildman–Crippen MR) is 355 cm³/mol. The standard InChI is InChI=1S/3C10H17NO.C10H20O2.C9H18O2.C8H13NO.C7H12N2O.C6H12N4/c1-9(2,3)10(4,5)8-6-12-7-11-8;1-9(2,3)10(4,5)8-6-11-7-12-8;1-9(2,3)10(4,5)8-11-6-7-12-8;1-7-8(2)12-10(6,11-7)9(3,4)5;1-7-6-10-9(5,11-7)8(2,3)4;1-6-7(8(2,3)4)10-5-9-6;1-5-8-9-6(10-5)7(2,3)4;1-6(2,3)5-7-8-9-10(5)4/h3*6-7H,1-5H3;7-8H,1-6H3;7H,6H2,1-5H3;5H,1-4H3;2*1-4H3. The highest BCUT2D eigenvalue weighted by Crippen LogP contribution is 2.44. The summed E-state index contributed by atoms with van der Waals surface area (Å²) in [6.07, 6.45) is 12.0. The van der Waals surface area contributed by atoms with Crippen LogP contribution in [0.5, 0.6) is 0 Å². The molecule has 0 bridgehead atoms. The molecule has 4 unspecified atom stereocenters. The lowest BCUT2D eigenvalue weighted by Gasteiger charge is -2.36. The Labute approximate surface area is 539 Å². The molecule has 8 rings (SSSR count). The minimum atomic E-state index is -0.425. The van der Waals surface area contributed by atoms with Crippen molar-refractivity contribution in [3.63, 3.8) is 0 Å². The van der Waals surface area contributed by atoms with E-state index < -0.39 is 11.6 Å². The Kier molecular flexibility index (Phi) is 28.1. The lowest BCUT2D eigenvalue weighted by molar-refractivity contribution is -0.221. The van der Waals surface area contributed by atoms with Crippen molar-refractivity contribution in [1.29, 1.82) is 0 Å². The van der Waals surface area contributed by atoms with Crippen LogP contribution < -0.4 is 0 Å². The third-order valence-corrected chi connectivity index (χ3v) is 17.8. The number of tetrazole rings is 1. The van der Waals surface area contributed by atoms with E-state index in [-0.39, 0.29) is 77.9 Å². The first-order valence-corrected chi connectivity index (χ1v) is 31.5.